The fourth-order valence-corrected chi connectivity index (χ4v) is 5.63. The number of guanidine groups is 1. The van der Waals surface area contributed by atoms with Gasteiger partial charge in [0.2, 0.25) is 23.8 Å². The van der Waals surface area contributed by atoms with Crippen molar-refractivity contribution >= 4 is 29.7 Å². The summed E-state index contributed by atoms with van der Waals surface area (Å²) in [5.74, 6) is 4.18. The highest BCUT2D eigenvalue weighted by Gasteiger charge is 2.31. The maximum Gasteiger partial charge on any atom is 0.247 e. The van der Waals surface area contributed by atoms with Gasteiger partial charge in [-0.15, -0.1) is 11.5 Å². The number of nitrogens with two attached hydrogens (primary N) is 3. The molecular weight excluding hydrogens is 672 g/mol. The lowest BCUT2D eigenvalue weighted by molar-refractivity contribution is -0.135. The number of aliphatic imine (C=N–C) groups is 1. The Labute approximate surface area is 306 Å². The summed E-state index contributed by atoms with van der Waals surface area (Å²) in [5, 5.41) is 11.9. The highest BCUT2D eigenvalue weighted by molar-refractivity contribution is 5.80. The van der Waals surface area contributed by atoms with Crippen LogP contribution in [0.5, 0.6) is 0 Å². The van der Waals surface area contributed by atoms with E-state index in [0.29, 0.717) is 135 Å². The van der Waals surface area contributed by atoms with Gasteiger partial charge < -0.3 is 56.2 Å². The molecule has 19 heteroatoms. The van der Waals surface area contributed by atoms with Gasteiger partial charge in [-0.1, -0.05) is 31.4 Å². The van der Waals surface area contributed by atoms with E-state index in [-0.39, 0.29) is 30.4 Å². The molecule has 0 aliphatic carbocycles. The zero-order chi connectivity index (χ0) is 37.1. The van der Waals surface area contributed by atoms with Gasteiger partial charge in [0.05, 0.1) is 64.2 Å². The van der Waals surface area contributed by atoms with Gasteiger partial charge in [0, 0.05) is 52.4 Å². The standard InChI is InChI=1S/C33H56N14O5/c1-4-16-49-20-22-52-23-21-50-17-9-38-31-39-32(41-33(40-31)46-14-18-51-19-15-46)45-12-10-44(11-13-45)29(48)27(7-6-8-37-30(35)36)47-24-26(42-43-47)28(34)25(3)5-2/h1,24-25,27-28H,5-23,34H2,2-3H3,(H4,35,36,37)(H,38,39,40,41)/t25-,27-,28?/m0/s1. The average molecular weight is 729 g/mol. The monoisotopic (exact) mass is 728 g/mol. The third-order valence-electron chi connectivity index (χ3n) is 8.90. The van der Waals surface area contributed by atoms with Crippen molar-refractivity contribution in [3.8, 4) is 12.3 Å². The molecule has 3 atom stereocenters. The summed E-state index contributed by atoms with van der Waals surface area (Å²) in [7, 11) is 0. The quantitative estimate of drug-likeness (QED) is 0.0512. The maximum absolute atomic E-state index is 14.0. The summed E-state index contributed by atoms with van der Waals surface area (Å²) in [6.07, 6.45) is 8.94. The molecule has 2 aromatic rings. The van der Waals surface area contributed by atoms with Crippen LogP contribution in [0.2, 0.25) is 0 Å². The van der Waals surface area contributed by atoms with Gasteiger partial charge in [-0.05, 0) is 18.8 Å². The van der Waals surface area contributed by atoms with E-state index in [1.165, 1.54) is 0 Å². The Morgan fingerprint density at radius 2 is 1.65 bits per heavy atom. The van der Waals surface area contributed by atoms with Crippen molar-refractivity contribution in [2.75, 3.05) is 120 Å². The van der Waals surface area contributed by atoms with Crippen molar-refractivity contribution in [3.05, 3.63) is 11.9 Å². The minimum atomic E-state index is -0.575. The maximum atomic E-state index is 14.0. The molecule has 1 unspecified atom stereocenters. The van der Waals surface area contributed by atoms with E-state index < -0.39 is 6.04 Å². The molecule has 4 heterocycles. The van der Waals surface area contributed by atoms with Crippen molar-refractivity contribution in [2.24, 2.45) is 28.1 Å². The SMILES string of the molecule is C#CCOCCOCCOCCNc1nc(N2CCOCC2)nc(N2CCN(C(=O)[C@H](CCCN=C(N)N)n3cc(C(N)[C@@H](C)CC)nn3)CC2)n1. The Bertz CT molecular complexity index is 1420. The van der Waals surface area contributed by atoms with Crippen LogP contribution in [0.4, 0.5) is 17.8 Å². The molecule has 0 spiro atoms. The predicted octanol–water partition coefficient (Wildman–Crippen LogP) is -0.616. The molecule has 0 bridgehead atoms. The Morgan fingerprint density at radius 3 is 2.31 bits per heavy atom. The number of carbonyl (C=O) groups is 1. The molecule has 19 nitrogen and oxygen atoms in total. The van der Waals surface area contributed by atoms with Crippen molar-refractivity contribution < 1.29 is 23.7 Å². The highest BCUT2D eigenvalue weighted by atomic mass is 16.5. The molecule has 52 heavy (non-hydrogen) atoms. The van der Waals surface area contributed by atoms with Crippen LogP contribution in [-0.4, -0.2) is 152 Å². The van der Waals surface area contributed by atoms with Crippen LogP contribution < -0.4 is 32.3 Å². The number of morpholine rings is 1. The number of rotatable bonds is 22. The lowest BCUT2D eigenvalue weighted by atomic mass is 9.98. The number of piperazine rings is 1. The van der Waals surface area contributed by atoms with Crippen LogP contribution in [-0.2, 0) is 23.7 Å². The molecule has 2 aromatic heterocycles. The number of aromatic nitrogens is 6. The van der Waals surface area contributed by atoms with E-state index in [9.17, 15) is 4.79 Å². The molecule has 0 aromatic carbocycles. The number of hydrogen-bond donors (Lipinski definition) is 4. The molecule has 288 valence electrons. The molecule has 1 amide bonds. The number of carbonyl (C=O) groups excluding carboxylic acids is 1. The summed E-state index contributed by atoms with van der Waals surface area (Å²) in [6.45, 7) is 12.2. The molecular formula is C33H56N14O5. The van der Waals surface area contributed by atoms with Crippen LogP contribution in [0.1, 0.15) is 50.9 Å². The third kappa shape index (κ3) is 12.7. The topological polar surface area (TPSA) is 236 Å². The molecule has 2 aliphatic rings. The lowest BCUT2D eigenvalue weighted by Crippen LogP contribution is -2.51. The molecule has 2 saturated heterocycles. The second kappa shape index (κ2) is 21.9. The van der Waals surface area contributed by atoms with Crippen LogP contribution in [0.25, 0.3) is 0 Å². The first kappa shape index (κ1) is 40.4. The van der Waals surface area contributed by atoms with Gasteiger partial charge >= 0.3 is 0 Å². The highest BCUT2D eigenvalue weighted by Crippen LogP contribution is 2.24. The van der Waals surface area contributed by atoms with Crippen molar-refractivity contribution in [2.45, 2.75) is 45.2 Å². The molecule has 0 radical (unpaired) electrons. The van der Waals surface area contributed by atoms with Crippen molar-refractivity contribution in [3.63, 3.8) is 0 Å². The number of nitrogens with one attached hydrogen (secondary N) is 1. The first-order valence-corrected chi connectivity index (χ1v) is 18.1. The van der Waals surface area contributed by atoms with Crippen molar-refractivity contribution in [1.29, 1.82) is 0 Å². The minimum Gasteiger partial charge on any atom is -0.378 e. The number of ether oxygens (including phenoxy) is 4. The normalized spacial score (nSPS) is 16.6. The number of hydrogen-bond acceptors (Lipinski definition) is 15. The van der Waals surface area contributed by atoms with Gasteiger partial charge in [-0.3, -0.25) is 9.79 Å². The largest absolute Gasteiger partial charge is 0.378 e. The summed E-state index contributed by atoms with van der Waals surface area (Å²) in [4.78, 5) is 38.4. The van der Waals surface area contributed by atoms with E-state index in [2.05, 4.69) is 50.2 Å². The first-order chi connectivity index (χ1) is 25.3. The molecule has 4 rings (SSSR count). The van der Waals surface area contributed by atoms with Crippen molar-refractivity contribution in [1.82, 2.24) is 34.8 Å². The number of terminal acetylenes is 1. The smallest absolute Gasteiger partial charge is 0.247 e. The average Bonchev–Trinajstić information content (AvgIpc) is 3.66. The summed E-state index contributed by atoms with van der Waals surface area (Å²) >= 11 is 0. The Morgan fingerprint density at radius 1 is 1.00 bits per heavy atom. The Balaban J connectivity index is 1.37. The third-order valence-corrected chi connectivity index (χ3v) is 8.90. The Kier molecular flexibility index (Phi) is 17.0. The van der Waals surface area contributed by atoms with E-state index in [1.807, 2.05) is 4.90 Å². The zero-order valence-corrected chi connectivity index (χ0v) is 30.6. The van der Waals surface area contributed by atoms with E-state index in [1.54, 1.807) is 10.9 Å². The molecule has 2 aliphatic heterocycles. The number of anilines is 3. The first-order valence-electron chi connectivity index (χ1n) is 18.1. The van der Waals surface area contributed by atoms with Gasteiger partial charge in [-0.2, -0.15) is 15.0 Å². The summed E-state index contributed by atoms with van der Waals surface area (Å²) < 4.78 is 23.5. The molecule has 7 N–H and O–H groups in total. The van der Waals surface area contributed by atoms with Gasteiger partial charge in [0.15, 0.2) is 5.96 Å². The van der Waals surface area contributed by atoms with Gasteiger partial charge in [-0.25, -0.2) is 4.68 Å². The fourth-order valence-electron chi connectivity index (χ4n) is 5.63. The second-order valence-electron chi connectivity index (χ2n) is 12.6. The predicted molar refractivity (Wildman–Crippen MR) is 197 cm³/mol. The van der Waals surface area contributed by atoms with E-state index in [0.717, 1.165) is 6.42 Å². The minimum absolute atomic E-state index is 0.0176. The fraction of sp³-hybridized carbons (Fsp3) is 0.727. The van der Waals surface area contributed by atoms with Crippen LogP contribution in [0.15, 0.2) is 11.2 Å². The molecule has 0 saturated carbocycles. The van der Waals surface area contributed by atoms with Crippen LogP contribution in [0, 0.1) is 18.3 Å². The van der Waals surface area contributed by atoms with Crippen LogP contribution >= 0.6 is 0 Å². The Hall–Kier alpha value is -4.35. The van der Waals surface area contributed by atoms with E-state index >= 15 is 0 Å². The summed E-state index contributed by atoms with van der Waals surface area (Å²) in [5.41, 5.74) is 18.2. The summed E-state index contributed by atoms with van der Waals surface area (Å²) in [6, 6.07) is -0.849. The zero-order valence-electron chi connectivity index (χ0n) is 30.6. The number of amides is 1. The number of nitrogens with zero attached hydrogens (tertiary/aromatic N) is 10. The lowest BCUT2D eigenvalue weighted by Gasteiger charge is -2.36. The van der Waals surface area contributed by atoms with E-state index in [4.69, 9.17) is 57.5 Å². The van der Waals surface area contributed by atoms with Crippen LogP contribution in [0.3, 0.4) is 0 Å². The molecule has 2 fully saturated rings. The van der Waals surface area contributed by atoms with Gasteiger partial charge in [0.25, 0.3) is 0 Å². The van der Waals surface area contributed by atoms with Gasteiger partial charge in [0.1, 0.15) is 12.6 Å². The second-order valence-corrected chi connectivity index (χ2v) is 12.6.